The fourth-order valence-electron chi connectivity index (χ4n) is 4.32. The molecule has 0 radical (unpaired) electrons. The minimum atomic E-state index is 0.0270. The molecule has 0 unspecified atom stereocenters. The predicted molar refractivity (Wildman–Crippen MR) is 130 cm³/mol. The Morgan fingerprint density at radius 3 is 2.91 bits per heavy atom. The standard InChI is InChI=1S/C23H28N4O3S2/c1-25-7-6-18-19(15-25)32-21-20(18)22(28)27(16-4-3-5-17(14-16)29-2)23(24-21)31-13-10-26-8-11-30-12-9-26/h3-5,14H,6-13,15H2,1-2H3. The molecule has 170 valence electrons. The molecule has 32 heavy (non-hydrogen) atoms. The first-order chi connectivity index (χ1) is 15.6. The summed E-state index contributed by atoms with van der Waals surface area (Å²) in [7, 11) is 3.77. The molecule has 0 saturated carbocycles. The number of fused-ring (bicyclic) bond motifs is 3. The minimum Gasteiger partial charge on any atom is -0.497 e. The van der Waals surface area contributed by atoms with Gasteiger partial charge in [0.25, 0.3) is 5.56 Å². The number of hydrogen-bond acceptors (Lipinski definition) is 8. The van der Waals surface area contributed by atoms with Gasteiger partial charge in [-0.05, 0) is 31.2 Å². The summed E-state index contributed by atoms with van der Waals surface area (Å²) in [4.78, 5) is 25.7. The van der Waals surface area contributed by atoms with Gasteiger partial charge in [-0.1, -0.05) is 17.8 Å². The molecule has 0 atom stereocenters. The first-order valence-corrected chi connectivity index (χ1v) is 12.8. The van der Waals surface area contributed by atoms with Crippen LogP contribution in [0.25, 0.3) is 15.9 Å². The van der Waals surface area contributed by atoms with Crippen LogP contribution in [0.5, 0.6) is 5.75 Å². The Morgan fingerprint density at radius 1 is 1.25 bits per heavy atom. The molecule has 1 saturated heterocycles. The maximum absolute atomic E-state index is 13.9. The van der Waals surface area contributed by atoms with Crippen LogP contribution >= 0.6 is 23.1 Å². The molecule has 0 N–H and O–H groups in total. The van der Waals surface area contributed by atoms with E-state index < -0.39 is 0 Å². The maximum Gasteiger partial charge on any atom is 0.267 e. The first-order valence-electron chi connectivity index (χ1n) is 11.0. The van der Waals surface area contributed by atoms with Gasteiger partial charge in [0.15, 0.2) is 5.16 Å². The van der Waals surface area contributed by atoms with E-state index in [1.165, 1.54) is 10.4 Å². The molecular formula is C23H28N4O3S2. The van der Waals surface area contributed by atoms with E-state index in [2.05, 4.69) is 16.8 Å². The SMILES string of the molecule is COc1cccc(-n2c(SCCN3CCOCC3)nc3sc4c(c3c2=O)CCN(C)C4)c1. The number of benzene rings is 1. The number of morpholine rings is 1. The number of rotatable bonds is 6. The van der Waals surface area contributed by atoms with Crippen molar-refractivity contribution >= 4 is 33.3 Å². The van der Waals surface area contributed by atoms with Crippen molar-refractivity contribution < 1.29 is 9.47 Å². The van der Waals surface area contributed by atoms with Crippen molar-refractivity contribution in [2.75, 3.05) is 59.3 Å². The van der Waals surface area contributed by atoms with E-state index in [0.717, 1.165) is 84.9 Å². The second-order valence-electron chi connectivity index (χ2n) is 8.21. The van der Waals surface area contributed by atoms with E-state index in [1.54, 1.807) is 34.8 Å². The molecule has 5 rings (SSSR count). The second kappa shape index (κ2) is 9.52. The van der Waals surface area contributed by atoms with Gasteiger partial charge in [0.05, 0.1) is 31.4 Å². The maximum atomic E-state index is 13.9. The fraction of sp³-hybridized carbons (Fsp3) is 0.478. The molecule has 2 aliphatic rings. The van der Waals surface area contributed by atoms with Gasteiger partial charge < -0.3 is 14.4 Å². The Kier molecular flexibility index (Phi) is 6.52. The van der Waals surface area contributed by atoms with Crippen molar-refractivity contribution in [2.24, 2.45) is 0 Å². The third-order valence-electron chi connectivity index (χ3n) is 6.09. The van der Waals surface area contributed by atoms with Gasteiger partial charge in [-0.3, -0.25) is 14.3 Å². The number of thiophene rings is 1. The number of hydrogen-bond donors (Lipinski definition) is 0. The number of methoxy groups -OCH3 is 1. The highest BCUT2D eigenvalue weighted by Gasteiger charge is 2.24. The third kappa shape index (κ3) is 4.32. The summed E-state index contributed by atoms with van der Waals surface area (Å²) >= 11 is 3.32. The summed E-state index contributed by atoms with van der Waals surface area (Å²) in [5, 5.41) is 1.54. The van der Waals surface area contributed by atoms with E-state index in [9.17, 15) is 4.79 Å². The highest BCUT2D eigenvalue weighted by Crippen LogP contribution is 2.34. The zero-order valence-corrected chi connectivity index (χ0v) is 20.1. The third-order valence-corrected chi connectivity index (χ3v) is 8.12. The lowest BCUT2D eigenvalue weighted by Gasteiger charge is -2.26. The molecule has 7 nitrogen and oxygen atoms in total. The van der Waals surface area contributed by atoms with Crippen molar-refractivity contribution in [1.82, 2.24) is 19.4 Å². The minimum absolute atomic E-state index is 0.0270. The molecule has 1 fully saturated rings. The Balaban J connectivity index is 1.56. The molecule has 4 heterocycles. The molecule has 0 spiro atoms. The van der Waals surface area contributed by atoms with Gasteiger partial charge >= 0.3 is 0 Å². The average Bonchev–Trinajstić information content (AvgIpc) is 3.17. The lowest BCUT2D eigenvalue weighted by molar-refractivity contribution is 0.0410. The van der Waals surface area contributed by atoms with Gasteiger partial charge in [0.2, 0.25) is 0 Å². The summed E-state index contributed by atoms with van der Waals surface area (Å²) in [6, 6.07) is 7.68. The summed E-state index contributed by atoms with van der Waals surface area (Å²) < 4.78 is 12.7. The Hall–Kier alpha value is -1.91. The van der Waals surface area contributed by atoms with E-state index in [0.29, 0.717) is 0 Å². The lowest BCUT2D eigenvalue weighted by atomic mass is 10.1. The Bertz CT molecular complexity index is 1170. The normalized spacial score (nSPS) is 17.6. The smallest absolute Gasteiger partial charge is 0.267 e. The van der Waals surface area contributed by atoms with Crippen LogP contribution in [0.4, 0.5) is 0 Å². The van der Waals surface area contributed by atoms with Crippen LogP contribution in [0.1, 0.15) is 10.4 Å². The highest BCUT2D eigenvalue weighted by atomic mass is 32.2. The molecule has 2 aliphatic heterocycles. The topological polar surface area (TPSA) is 59.8 Å². The van der Waals surface area contributed by atoms with Crippen molar-refractivity contribution in [1.29, 1.82) is 0 Å². The summed E-state index contributed by atoms with van der Waals surface area (Å²) in [5.74, 6) is 1.60. The van der Waals surface area contributed by atoms with Crippen molar-refractivity contribution in [2.45, 2.75) is 18.1 Å². The van der Waals surface area contributed by atoms with Crippen molar-refractivity contribution in [3.05, 3.63) is 45.1 Å². The summed E-state index contributed by atoms with van der Waals surface area (Å²) in [5.41, 5.74) is 2.01. The van der Waals surface area contributed by atoms with Crippen LogP contribution in [-0.4, -0.2) is 78.7 Å². The lowest BCUT2D eigenvalue weighted by Crippen LogP contribution is -2.37. The first kappa shape index (κ1) is 21.9. The van der Waals surface area contributed by atoms with Crippen LogP contribution in [0.3, 0.4) is 0 Å². The summed E-state index contributed by atoms with van der Waals surface area (Å²) in [6.45, 7) is 6.30. The Morgan fingerprint density at radius 2 is 2.09 bits per heavy atom. The molecule has 2 aromatic heterocycles. The van der Waals surface area contributed by atoms with Crippen LogP contribution in [-0.2, 0) is 17.7 Å². The quantitative estimate of drug-likeness (QED) is 0.404. The number of likely N-dealkylation sites (N-methyl/N-ethyl adjacent to an activating group) is 1. The zero-order chi connectivity index (χ0) is 22.1. The van der Waals surface area contributed by atoms with E-state index >= 15 is 0 Å². The molecule has 0 amide bonds. The van der Waals surface area contributed by atoms with E-state index in [1.807, 2.05) is 24.3 Å². The molecule has 9 heteroatoms. The van der Waals surface area contributed by atoms with Crippen LogP contribution in [0.2, 0.25) is 0 Å². The zero-order valence-electron chi connectivity index (χ0n) is 18.5. The van der Waals surface area contributed by atoms with E-state index in [-0.39, 0.29) is 5.56 Å². The van der Waals surface area contributed by atoms with Crippen molar-refractivity contribution in [3.8, 4) is 11.4 Å². The van der Waals surface area contributed by atoms with Crippen molar-refractivity contribution in [3.63, 3.8) is 0 Å². The number of aromatic nitrogens is 2. The predicted octanol–water partition coefficient (Wildman–Crippen LogP) is 2.87. The van der Waals surface area contributed by atoms with Gasteiger partial charge in [-0.25, -0.2) is 4.98 Å². The fourth-order valence-corrected chi connectivity index (χ4v) is 6.67. The van der Waals surface area contributed by atoms with Crippen LogP contribution in [0, 0.1) is 0 Å². The molecule has 1 aromatic carbocycles. The molecule has 0 aliphatic carbocycles. The summed E-state index contributed by atoms with van der Waals surface area (Å²) in [6.07, 6.45) is 0.893. The number of nitrogens with zero attached hydrogens (tertiary/aromatic N) is 4. The van der Waals surface area contributed by atoms with Gasteiger partial charge in [0.1, 0.15) is 10.6 Å². The number of ether oxygens (including phenoxy) is 2. The second-order valence-corrected chi connectivity index (χ2v) is 10.4. The molecule has 3 aromatic rings. The highest BCUT2D eigenvalue weighted by molar-refractivity contribution is 7.99. The Labute approximate surface area is 195 Å². The van der Waals surface area contributed by atoms with Gasteiger partial charge in [-0.2, -0.15) is 0 Å². The monoisotopic (exact) mass is 472 g/mol. The van der Waals surface area contributed by atoms with Crippen LogP contribution < -0.4 is 10.3 Å². The van der Waals surface area contributed by atoms with Crippen LogP contribution in [0.15, 0.2) is 34.2 Å². The van der Waals surface area contributed by atoms with Gasteiger partial charge in [0, 0.05) is 49.4 Å². The van der Waals surface area contributed by atoms with E-state index in [4.69, 9.17) is 14.5 Å². The largest absolute Gasteiger partial charge is 0.497 e. The van der Waals surface area contributed by atoms with Gasteiger partial charge in [-0.15, -0.1) is 11.3 Å². The molecule has 0 bridgehead atoms. The average molecular weight is 473 g/mol. The number of thioether (sulfide) groups is 1. The molecular weight excluding hydrogens is 444 g/mol.